The van der Waals surface area contributed by atoms with E-state index in [4.69, 9.17) is 0 Å². The Morgan fingerprint density at radius 1 is 1.31 bits per heavy atom. The largest absolute Gasteiger partial charge is 0.317 e. The lowest BCUT2D eigenvalue weighted by molar-refractivity contribution is 0.358. The standard InChI is InChI=1S/C11H24N2/c1-4-8-12-9-6-7-11-13(3)10-5-2/h5,12H,2,4,6-11H2,1,3H3. The van der Waals surface area contributed by atoms with Crippen molar-refractivity contribution in [3.63, 3.8) is 0 Å². The van der Waals surface area contributed by atoms with E-state index in [-0.39, 0.29) is 0 Å². The number of rotatable bonds is 9. The molecule has 0 rings (SSSR count). The van der Waals surface area contributed by atoms with Crippen molar-refractivity contribution in [2.45, 2.75) is 26.2 Å². The van der Waals surface area contributed by atoms with Crippen molar-refractivity contribution in [2.75, 3.05) is 33.2 Å². The van der Waals surface area contributed by atoms with Gasteiger partial charge in [0.05, 0.1) is 0 Å². The zero-order valence-electron chi connectivity index (χ0n) is 9.18. The Labute approximate surface area is 83.0 Å². The van der Waals surface area contributed by atoms with Gasteiger partial charge in [-0.25, -0.2) is 0 Å². The van der Waals surface area contributed by atoms with Crippen LogP contribution in [0.3, 0.4) is 0 Å². The van der Waals surface area contributed by atoms with Gasteiger partial charge in [0.25, 0.3) is 0 Å². The van der Waals surface area contributed by atoms with E-state index in [1.807, 2.05) is 6.08 Å². The van der Waals surface area contributed by atoms with Crippen molar-refractivity contribution >= 4 is 0 Å². The highest BCUT2D eigenvalue weighted by Crippen LogP contribution is 1.91. The van der Waals surface area contributed by atoms with Gasteiger partial charge in [-0.15, -0.1) is 6.58 Å². The van der Waals surface area contributed by atoms with E-state index < -0.39 is 0 Å². The molecule has 78 valence electrons. The van der Waals surface area contributed by atoms with E-state index in [1.54, 1.807) is 0 Å². The maximum atomic E-state index is 3.72. The predicted molar refractivity (Wildman–Crippen MR) is 60.1 cm³/mol. The molecule has 0 spiro atoms. The number of unbranched alkanes of at least 4 members (excludes halogenated alkanes) is 1. The van der Waals surface area contributed by atoms with Crippen molar-refractivity contribution in [3.05, 3.63) is 12.7 Å². The number of hydrogen-bond acceptors (Lipinski definition) is 2. The molecular weight excluding hydrogens is 160 g/mol. The molecule has 0 fully saturated rings. The molecule has 13 heavy (non-hydrogen) atoms. The van der Waals surface area contributed by atoms with Crippen molar-refractivity contribution in [3.8, 4) is 0 Å². The van der Waals surface area contributed by atoms with Crippen LogP contribution in [0.1, 0.15) is 26.2 Å². The van der Waals surface area contributed by atoms with Crippen LogP contribution in [-0.4, -0.2) is 38.1 Å². The second-order valence-electron chi connectivity index (χ2n) is 3.51. The summed E-state index contributed by atoms with van der Waals surface area (Å²) in [6.45, 7) is 10.4. The molecule has 0 saturated heterocycles. The monoisotopic (exact) mass is 184 g/mol. The van der Waals surface area contributed by atoms with Gasteiger partial charge in [0.1, 0.15) is 0 Å². The number of likely N-dealkylation sites (N-methyl/N-ethyl adjacent to an activating group) is 1. The molecule has 0 radical (unpaired) electrons. The van der Waals surface area contributed by atoms with Gasteiger partial charge in [-0.05, 0) is 45.9 Å². The van der Waals surface area contributed by atoms with Crippen molar-refractivity contribution < 1.29 is 0 Å². The second-order valence-corrected chi connectivity index (χ2v) is 3.51. The summed E-state index contributed by atoms with van der Waals surface area (Å²) in [6.07, 6.45) is 5.74. The van der Waals surface area contributed by atoms with Gasteiger partial charge in [0.15, 0.2) is 0 Å². The van der Waals surface area contributed by atoms with Crippen molar-refractivity contribution in [1.29, 1.82) is 0 Å². The Morgan fingerprint density at radius 2 is 2.08 bits per heavy atom. The molecule has 0 aliphatic heterocycles. The molecule has 2 heteroatoms. The fourth-order valence-electron chi connectivity index (χ4n) is 1.25. The highest BCUT2D eigenvalue weighted by molar-refractivity contribution is 4.70. The third kappa shape index (κ3) is 9.57. The molecular formula is C11H24N2. The lowest BCUT2D eigenvalue weighted by atomic mass is 10.3. The highest BCUT2D eigenvalue weighted by Gasteiger charge is 1.94. The van der Waals surface area contributed by atoms with Crippen molar-refractivity contribution in [2.24, 2.45) is 0 Å². The fraction of sp³-hybridized carbons (Fsp3) is 0.818. The molecule has 0 aromatic carbocycles. The van der Waals surface area contributed by atoms with E-state index in [1.165, 1.54) is 25.8 Å². The van der Waals surface area contributed by atoms with Crippen LogP contribution >= 0.6 is 0 Å². The first-order valence-corrected chi connectivity index (χ1v) is 5.31. The molecule has 0 unspecified atom stereocenters. The minimum atomic E-state index is 1.00. The zero-order valence-corrected chi connectivity index (χ0v) is 9.18. The third-order valence-electron chi connectivity index (χ3n) is 2.01. The average molecular weight is 184 g/mol. The van der Waals surface area contributed by atoms with Gasteiger partial charge < -0.3 is 10.2 Å². The Kier molecular flexibility index (Phi) is 9.49. The molecule has 1 N–H and O–H groups in total. The SMILES string of the molecule is C=CCN(C)CCCCNCCC. The summed E-state index contributed by atoms with van der Waals surface area (Å²) in [5.74, 6) is 0. The molecule has 0 saturated carbocycles. The minimum absolute atomic E-state index is 1.00. The predicted octanol–water partition coefficient (Wildman–Crippen LogP) is 1.88. The molecule has 0 atom stereocenters. The van der Waals surface area contributed by atoms with Gasteiger partial charge >= 0.3 is 0 Å². The van der Waals surface area contributed by atoms with E-state index in [0.717, 1.165) is 19.6 Å². The first-order valence-electron chi connectivity index (χ1n) is 5.31. The summed E-state index contributed by atoms with van der Waals surface area (Å²) >= 11 is 0. The molecule has 0 aliphatic rings. The summed E-state index contributed by atoms with van der Waals surface area (Å²) in [5.41, 5.74) is 0. The molecule has 0 aromatic rings. The van der Waals surface area contributed by atoms with Crippen molar-refractivity contribution in [1.82, 2.24) is 10.2 Å². The van der Waals surface area contributed by atoms with Crippen LogP contribution in [0.4, 0.5) is 0 Å². The highest BCUT2D eigenvalue weighted by atomic mass is 15.1. The quantitative estimate of drug-likeness (QED) is 0.435. The summed E-state index contributed by atoms with van der Waals surface area (Å²) in [5, 5.41) is 3.40. The Bertz CT molecular complexity index is 113. The maximum absolute atomic E-state index is 3.72. The Hall–Kier alpha value is -0.340. The van der Waals surface area contributed by atoms with Gasteiger partial charge in [-0.1, -0.05) is 13.0 Å². The normalized spacial score (nSPS) is 10.7. The molecule has 0 heterocycles. The van der Waals surface area contributed by atoms with Gasteiger partial charge in [0, 0.05) is 6.54 Å². The lowest BCUT2D eigenvalue weighted by Crippen LogP contribution is -2.21. The summed E-state index contributed by atoms with van der Waals surface area (Å²) in [4.78, 5) is 2.30. The number of hydrogen-bond donors (Lipinski definition) is 1. The molecule has 0 aromatic heterocycles. The van der Waals surface area contributed by atoms with Gasteiger partial charge in [0.2, 0.25) is 0 Å². The van der Waals surface area contributed by atoms with Gasteiger partial charge in [-0.2, -0.15) is 0 Å². The van der Waals surface area contributed by atoms with E-state index in [2.05, 4.69) is 30.8 Å². The third-order valence-corrected chi connectivity index (χ3v) is 2.01. The maximum Gasteiger partial charge on any atom is 0.0157 e. The van der Waals surface area contributed by atoms with E-state index in [0.29, 0.717) is 0 Å². The van der Waals surface area contributed by atoms with Crippen LogP contribution < -0.4 is 5.32 Å². The van der Waals surface area contributed by atoms with E-state index in [9.17, 15) is 0 Å². The first-order chi connectivity index (χ1) is 6.31. The number of nitrogens with zero attached hydrogens (tertiary/aromatic N) is 1. The second kappa shape index (κ2) is 9.75. The topological polar surface area (TPSA) is 15.3 Å². The number of nitrogens with one attached hydrogen (secondary N) is 1. The molecule has 0 bridgehead atoms. The van der Waals surface area contributed by atoms with Gasteiger partial charge in [-0.3, -0.25) is 0 Å². The molecule has 0 aliphatic carbocycles. The summed E-state index contributed by atoms with van der Waals surface area (Å²) in [7, 11) is 2.14. The summed E-state index contributed by atoms with van der Waals surface area (Å²) < 4.78 is 0. The first kappa shape index (κ1) is 12.7. The van der Waals surface area contributed by atoms with Crippen LogP contribution in [0.2, 0.25) is 0 Å². The molecule has 0 amide bonds. The fourth-order valence-corrected chi connectivity index (χ4v) is 1.25. The summed E-state index contributed by atoms with van der Waals surface area (Å²) in [6, 6.07) is 0. The minimum Gasteiger partial charge on any atom is -0.317 e. The smallest absolute Gasteiger partial charge is 0.0157 e. The average Bonchev–Trinajstić information content (AvgIpc) is 2.11. The Balaban J connectivity index is 3.01. The van der Waals surface area contributed by atoms with Crippen LogP contribution in [0, 0.1) is 0 Å². The zero-order chi connectivity index (χ0) is 9.94. The Morgan fingerprint density at radius 3 is 2.69 bits per heavy atom. The lowest BCUT2D eigenvalue weighted by Gasteiger charge is -2.13. The van der Waals surface area contributed by atoms with Crippen LogP contribution in [0.15, 0.2) is 12.7 Å². The van der Waals surface area contributed by atoms with Crippen LogP contribution in [-0.2, 0) is 0 Å². The molecule has 2 nitrogen and oxygen atoms in total. The van der Waals surface area contributed by atoms with E-state index >= 15 is 0 Å². The van der Waals surface area contributed by atoms with Crippen LogP contribution in [0.25, 0.3) is 0 Å². The van der Waals surface area contributed by atoms with Crippen LogP contribution in [0.5, 0.6) is 0 Å².